The van der Waals surface area contributed by atoms with Gasteiger partial charge >= 0.3 is 12.0 Å². The van der Waals surface area contributed by atoms with E-state index in [1.165, 1.54) is 62.3 Å². The smallest absolute Gasteiger partial charge is 0.327 e. The molecule has 0 aliphatic carbocycles. The topological polar surface area (TPSA) is 177 Å². The number of allylic oxidation sites excluding steroid dienone is 1. The molecular weight excluding hydrogens is 594 g/mol. The highest BCUT2D eigenvalue weighted by Crippen LogP contribution is 2.22. The fourth-order valence-corrected chi connectivity index (χ4v) is 5.31. The van der Waals surface area contributed by atoms with Crippen molar-refractivity contribution in [1.29, 1.82) is 0 Å². The second-order valence-corrected chi connectivity index (χ2v) is 13.0. The van der Waals surface area contributed by atoms with Gasteiger partial charge in [-0.1, -0.05) is 84.3 Å². The Kier molecular flexibility index (Phi) is 27.5. The number of aliphatic carboxylic acids is 1. The first-order valence-electron chi connectivity index (χ1n) is 15.7. The molecule has 0 aliphatic rings. The summed E-state index contributed by atoms with van der Waals surface area (Å²) in [6, 6.07) is -1.91. The van der Waals surface area contributed by atoms with Crippen LogP contribution in [0.4, 0.5) is 4.79 Å². The molecule has 0 aromatic carbocycles. The highest BCUT2D eigenvalue weighted by atomic mass is 32.2. The number of carbonyl (C=O) groups excluding carboxylic acids is 3. The second-order valence-electron chi connectivity index (χ2n) is 12.0. The lowest BCUT2D eigenvalue weighted by Gasteiger charge is -2.19. The summed E-state index contributed by atoms with van der Waals surface area (Å²) in [5.41, 5.74) is 11.1. The summed E-state index contributed by atoms with van der Waals surface area (Å²) in [4.78, 5) is 51.7. The van der Waals surface area contributed by atoms with Gasteiger partial charge in [0.15, 0.2) is 0 Å². The third-order valence-corrected chi connectivity index (χ3v) is 7.91. The number of primary amides is 2. The average molecular weight is 652 g/mol. The van der Waals surface area contributed by atoms with Crippen molar-refractivity contribution in [2.45, 2.75) is 98.4 Å². The molecule has 0 spiro atoms. The van der Waals surface area contributed by atoms with Gasteiger partial charge in [0.1, 0.15) is 12.6 Å². The third kappa shape index (κ3) is 29.2. The lowest BCUT2D eigenvalue weighted by molar-refractivity contribution is -0.138. The SMILES string of the molecule is [C-]#[N+]CN(CC(N)=O)C(=O)N[C@@H](CSC/C=C(\C)CCCC(C)CCCC(C)CCCC(C)C)C(=O)O.[C-]#[N+]CNCC(N)=O. The molecule has 12 nitrogen and oxygen atoms in total. The molecular formula is C32H57N7O5S. The van der Waals surface area contributed by atoms with E-state index in [1.807, 2.05) is 0 Å². The minimum atomic E-state index is -1.16. The van der Waals surface area contributed by atoms with Crippen LogP contribution in [0, 0.1) is 30.9 Å². The highest BCUT2D eigenvalue weighted by molar-refractivity contribution is 7.99. The maximum atomic E-state index is 12.2. The number of carboxylic acid groups (broad SMARTS) is 1. The molecule has 0 bridgehead atoms. The van der Waals surface area contributed by atoms with Crippen LogP contribution in [0.1, 0.15) is 92.4 Å². The van der Waals surface area contributed by atoms with Crippen molar-refractivity contribution in [1.82, 2.24) is 15.5 Å². The van der Waals surface area contributed by atoms with Gasteiger partial charge in [-0.3, -0.25) is 19.3 Å². The molecule has 7 N–H and O–H groups in total. The van der Waals surface area contributed by atoms with Gasteiger partial charge in [0, 0.05) is 11.5 Å². The van der Waals surface area contributed by atoms with E-state index in [2.05, 4.69) is 61.0 Å². The van der Waals surface area contributed by atoms with Crippen LogP contribution in [0.2, 0.25) is 0 Å². The molecule has 13 heteroatoms. The van der Waals surface area contributed by atoms with Crippen LogP contribution in [-0.2, 0) is 14.4 Å². The van der Waals surface area contributed by atoms with E-state index in [0.717, 1.165) is 35.5 Å². The van der Waals surface area contributed by atoms with E-state index in [-0.39, 0.29) is 25.6 Å². The van der Waals surface area contributed by atoms with Gasteiger partial charge in [-0.05, 0) is 37.5 Å². The molecule has 0 aliphatic heterocycles. The van der Waals surface area contributed by atoms with E-state index in [1.54, 1.807) is 0 Å². The lowest BCUT2D eigenvalue weighted by Crippen LogP contribution is -2.50. The Hall–Kier alpha value is -3.29. The Morgan fingerprint density at radius 1 is 0.911 bits per heavy atom. The van der Waals surface area contributed by atoms with Crippen LogP contribution < -0.4 is 22.1 Å². The number of nitrogens with zero attached hydrogens (tertiary/aromatic N) is 3. The van der Waals surface area contributed by atoms with E-state index in [0.29, 0.717) is 5.75 Å². The third-order valence-electron chi connectivity index (χ3n) is 6.94. The Bertz CT molecular complexity index is 978. The van der Waals surface area contributed by atoms with Crippen LogP contribution in [-0.4, -0.2) is 77.8 Å². The van der Waals surface area contributed by atoms with E-state index >= 15 is 0 Å². The Balaban J connectivity index is 0. The molecule has 0 aromatic heterocycles. The number of nitrogens with two attached hydrogens (primary N) is 2. The standard InChI is InChI=1S/C28H50N4O4S.C4H7N3O/c1-21(2)10-7-11-22(3)12-8-13-23(4)14-9-15-24(5)16-17-37-19-25(27(34)35)31-28(36)32(20-30-6)18-26(29)33;1-6-3-7-2-4(5)8/h16,21-23,25H,7-15,17-20H2,1-5H3,(H2,29,33)(H,31,36)(H,34,35);7H,2-3H2,(H2,5,8)/b24-16+;/t22?,23?,25-;/m0./s1. The molecule has 3 atom stereocenters. The monoisotopic (exact) mass is 651 g/mol. The first-order valence-corrected chi connectivity index (χ1v) is 16.8. The number of nitrogens with one attached hydrogen (secondary N) is 2. The van der Waals surface area contributed by atoms with Crippen LogP contribution in [0.3, 0.4) is 0 Å². The minimum absolute atomic E-state index is 0.0857. The summed E-state index contributed by atoms with van der Waals surface area (Å²) >= 11 is 1.42. The minimum Gasteiger partial charge on any atom is -0.480 e. The van der Waals surface area contributed by atoms with Gasteiger partial charge in [0.25, 0.3) is 13.3 Å². The number of amides is 4. The number of carboxylic acids is 1. The van der Waals surface area contributed by atoms with Crippen molar-refractivity contribution in [2.75, 3.05) is 37.9 Å². The first kappa shape index (κ1) is 43.8. The van der Waals surface area contributed by atoms with Crippen molar-refractivity contribution in [3.8, 4) is 0 Å². The van der Waals surface area contributed by atoms with Gasteiger partial charge in [0.2, 0.25) is 11.8 Å². The molecule has 0 fully saturated rings. The summed E-state index contributed by atoms with van der Waals surface area (Å²) in [5.74, 6) is 0.843. The zero-order valence-corrected chi connectivity index (χ0v) is 28.8. The second kappa shape index (κ2) is 28.2. The predicted molar refractivity (Wildman–Crippen MR) is 182 cm³/mol. The van der Waals surface area contributed by atoms with E-state index < -0.39 is 36.4 Å². The first-order chi connectivity index (χ1) is 21.2. The molecule has 256 valence electrons. The number of hydrogen-bond donors (Lipinski definition) is 5. The summed E-state index contributed by atoms with van der Waals surface area (Å²) < 4.78 is 0. The lowest BCUT2D eigenvalue weighted by atomic mass is 9.91. The fraction of sp³-hybridized carbons (Fsp3) is 0.750. The van der Waals surface area contributed by atoms with Gasteiger partial charge in [-0.2, -0.15) is 11.8 Å². The van der Waals surface area contributed by atoms with Crippen LogP contribution in [0.5, 0.6) is 0 Å². The Labute approximate surface area is 275 Å². The maximum absolute atomic E-state index is 12.2. The Morgan fingerprint density at radius 2 is 1.49 bits per heavy atom. The summed E-state index contributed by atoms with van der Waals surface area (Å²) in [6.45, 7) is 24.0. The van der Waals surface area contributed by atoms with Crippen molar-refractivity contribution < 1.29 is 24.3 Å². The number of hydrogen-bond acceptors (Lipinski definition) is 6. The van der Waals surface area contributed by atoms with Gasteiger partial charge in [0.05, 0.1) is 6.54 Å². The molecule has 0 rings (SSSR count). The van der Waals surface area contributed by atoms with E-state index in [9.17, 15) is 24.3 Å². The largest absolute Gasteiger partial charge is 0.480 e. The molecule has 0 heterocycles. The number of carbonyl (C=O) groups is 4. The normalized spacial score (nSPS) is 12.9. The maximum Gasteiger partial charge on any atom is 0.327 e. The predicted octanol–water partition coefficient (Wildman–Crippen LogP) is 4.87. The summed E-state index contributed by atoms with van der Waals surface area (Å²) in [7, 11) is 0. The van der Waals surface area contributed by atoms with Gasteiger partial charge in [-0.15, -0.1) is 0 Å². The van der Waals surface area contributed by atoms with Crippen molar-refractivity contribution in [2.24, 2.45) is 29.2 Å². The number of urea groups is 1. The molecule has 4 amide bonds. The molecule has 0 radical (unpaired) electrons. The highest BCUT2D eigenvalue weighted by Gasteiger charge is 2.25. The fourth-order valence-electron chi connectivity index (χ4n) is 4.31. The molecule has 45 heavy (non-hydrogen) atoms. The van der Waals surface area contributed by atoms with Crippen LogP contribution in [0.15, 0.2) is 11.6 Å². The molecule has 0 saturated carbocycles. The van der Waals surface area contributed by atoms with Crippen molar-refractivity contribution in [3.05, 3.63) is 34.5 Å². The summed E-state index contributed by atoms with van der Waals surface area (Å²) in [6.07, 6.45) is 13.5. The van der Waals surface area contributed by atoms with E-state index in [4.69, 9.17) is 24.6 Å². The van der Waals surface area contributed by atoms with Crippen molar-refractivity contribution >= 4 is 35.6 Å². The molecule has 2 unspecified atom stereocenters. The van der Waals surface area contributed by atoms with Crippen LogP contribution >= 0.6 is 11.8 Å². The van der Waals surface area contributed by atoms with Crippen molar-refractivity contribution in [3.63, 3.8) is 0 Å². The van der Waals surface area contributed by atoms with Gasteiger partial charge < -0.3 is 21.9 Å². The zero-order valence-electron chi connectivity index (χ0n) is 28.0. The molecule has 0 saturated heterocycles. The summed E-state index contributed by atoms with van der Waals surface area (Å²) in [5, 5.41) is 14.3. The van der Waals surface area contributed by atoms with Crippen LogP contribution in [0.25, 0.3) is 9.69 Å². The zero-order chi connectivity index (χ0) is 34.6. The number of rotatable bonds is 24. The molecule has 0 aromatic rings. The Morgan fingerprint density at radius 3 is 1.98 bits per heavy atom. The van der Waals surface area contributed by atoms with Gasteiger partial charge in [-0.25, -0.2) is 33.0 Å². The average Bonchev–Trinajstić information content (AvgIpc) is 2.94. The number of thioether (sulfide) groups is 1. The quantitative estimate of drug-likeness (QED) is 0.0562.